The van der Waals surface area contributed by atoms with E-state index < -0.39 is 11.9 Å². The van der Waals surface area contributed by atoms with E-state index in [4.69, 9.17) is 4.74 Å². The van der Waals surface area contributed by atoms with Crippen LogP contribution in [0.5, 0.6) is 5.75 Å². The lowest BCUT2D eigenvalue weighted by Crippen LogP contribution is -2.06. The Morgan fingerprint density at radius 2 is 2.26 bits per heavy atom. The molecule has 0 saturated carbocycles. The van der Waals surface area contributed by atoms with Crippen LogP contribution in [-0.4, -0.2) is 21.7 Å². The van der Waals surface area contributed by atoms with Crippen molar-refractivity contribution in [3.05, 3.63) is 53.9 Å². The Morgan fingerprint density at radius 1 is 1.42 bits per heavy atom. The van der Waals surface area contributed by atoms with Gasteiger partial charge in [0.05, 0.1) is 12.8 Å². The van der Waals surface area contributed by atoms with E-state index in [9.17, 15) is 9.50 Å². The normalized spacial score (nSPS) is 12.2. The lowest BCUT2D eigenvalue weighted by molar-refractivity contribution is 0.208. The van der Waals surface area contributed by atoms with E-state index in [2.05, 4.69) is 9.97 Å². The predicted octanol–water partition coefficient (Wildman–Crippen LogP) is 2.49. The predicted molar refractivity (Wildman–Crippen MR) is 68.3 cm³/mol. The molecule has 2 aromatic heterocycles. The van der Waals surface area contributed by atoms with Crippen molar-refractivity contribution in [2.24, 2.45) is 0 Å². The summed E-state index contributed by atoms with van der Waals surface area (Å²) in [4.78, 5) is 7.83. The Labute approximate surface area is 110 Å². The molecule has 1 N–H and O–H groups in total. The summed E-state index contributed by atoms with van der Waals surface area (Å²) < 4.78 is 19.0. The van der Waals surface area contributed by atoms with Crippen LogP contribution in [0.25, 0.3) is 0 Å². The average Bonchev–Trinajstić information content (AvgIpc) is 2.45. The summed E-state index contributed by atoms with van der Waals surface area (Å²) in [5.41, 5.74) is 0.433. The number of pyridine rings is 2. The average molecular weight is 262 g/mol. The van der Waals surface area contributed by atoms with Gasteiger partial charge >= 0.3 is 0 Å². The van der Waals surface area contributed by atoms with E-state index in [0.29, 0.717) is 17.9 Å². The molecule has 0 aliphatic heterocycles. The highest BCUT2D eigenvalue weighted by atomic mass is 19.1. The quantitative estimate of drug-likeness (QED) is 0.899. The van der Waals surface area contributed by atoms with Gasteiger partial charge in [-0.1, -0.05) is 6.92 Å². The largest absolute Gasteiger partial charge is 0.492 e. The summed E-state index contributed by atoms with van der Waals surface area (Å²) >= 11 is 0. The standard InChI is InChI=1S/C14H15FN2O2/c1-2-6-19-11-7-10(8-16-9-11)14(18)13-12(15)4-3-5-17-13/h3-5,7-9,14,18H,2,6H2,1H3. The first-order valence-electron chi connectivity index (χ1n) is 6.08. The second-order valence-corrected chi connectivity index (χ2v) is 4.08. The first kappa shape index (κ1) is 13.4. The first-order valence-corrected chi connectivity index (χ1v) is 6.08. The van der Waals surface area contributed by atoms with Crippen molar-refractivity contribution in [1.29, 1.82) is 0 Å². The first-order chi connectivity index (χ1) is 9.22. The fraction of sp³-hybridized carbons (Fsp3) is 0.286. The van der Waals surface area contributed by atoms with Gasteiger partial charge in [-0.15, -0.1) is 0 Å². The van der Waals surface area contributed by atoms with E-state index in [1.54, 1.807) is 12.3 Å². The van der Waals surface area contributed by atoms with Crippen LogP contribution < -0.4 is 4.74 Å². The van der Waals surface area contributed by atoms with Crippen molar-refractivity contribution in [2.45, 2.75) is 19.4 Å². The van der Waals surface area contributed by atoms with Gasteiger partial charge < -0.3 is 9.84 Å². The maximum absolute atomic E-state index is 13.6. The molecule has 1 atom stereocenters. The van der Waals surface area contributed by atoms with Crippen molar-refractivity contribution in [2.75, 3.05) is 6.61 Å². The topological polar surface area (TPSA) is 55.2 Å². The van der Waals surface area contributed by atoms with Crippen LogP contribution in [-0.2, 0) is 0 Å². The number of aliphatic hydroxyl groups excluding tert-OH is 1. The van der Waals surface area contributed by atoms with Gasteiger partial charge in [-0.3, -0.25) is 9.97 Å². The molecule has 4 nitrogen and oxygen atoms in total. The second kappa shape index (κ2) is 6.24. The fourth-order valence-electron chi connectivity index (χ4n) is 1.64. The maximum Gasteiger partial charge on any atom is 0.147 e. The zero-order valence-corrected chi connectivity index (χ0v) is 10.6. The molecule has 100 valence electrons. The summed E-state index contributed by atoms with van der Waals surface area (Å²) in [6, 6.07) is 4.38. The smallest absolute Gasteiger partial charge is 0.147 e. The molecule has 0 aromatic carbocycles. The Kier molecular flexibility index (Phi) is 4.41. The Bertz CT molecular complexity index is 548. The van der Waals surface area contributed by atoms with Crippen LogP contribution in [0, 0.1) is 5.82 Å². The van der Waals surface area contributed by atoms with Gasteiger partial charge in [0.15, 0.2) is 0 Å². The zero-order chi connectivity index (χ0) is 13.7. The monoisotopic (exact) mass is 262 g/mol. The molecule has 0 fully saturated rings. The minimum absolute atomic E-state index is 0.0167. The molecule has 2 aromatic rings. The Hall–Kier alpha value is -2.01. The third-order valence-corrected chi connectivity index (χ3v) is 2.57. The molecule has 0 aliphatic rings. The summed E-state index contributed by atoms with van der Waals surface area (Å²) in [6.45, 7) is 2.56. The third kappa shape index (κ3) is 3.26. The summed E-state index contributed by atoms with van der Waals surface area (Å²) in [6.07, 6.45) is 4.19. The molecule has 0 aliphatic carbocycles. The van der Waals surface area contributed by atoms with Crippen molar-refractivity contribution in [3.8, 4) is 5.75 Å². The maximum atomic E-state index is 13.6. The highest BCUT2D eigenvalue weighted by molar-refractivity contribution is 5.30. The van der Waals surface area contributed by atoms with Crippen LogP contribution in [0.15, 0.2) is 36.8 Å². The van der Waals surface area contributed by atoms with Gasteiger partial charge in [-0.2, -0.15) is 0 Å². The number of aromatic nitrogens is 2. The highest BCUT2D eigenvalue weighted by Crippen LogP contribution is 2.24. The minimum Gasteiger partial charge on any atom is -0.492 e. The molecule has 2 rings (SSSR count). The molecule has 0 spiro atoms. The molecule has 5 heteroatoms. The van der Waals surface area contributed by atoms with E-state index >= 15 is 0 Å². The number of halogens is 1. The Morgan fingerprint density at radius 3 is 3.00 bits per heavy atom. The number of aliphatic hydroxyl groups is 1. The minimum atomic E-state index is -1.15. The molecular formula is C14H15FN2O2. The summed E-state index contributed by atoms with van der Waals surface area (Å²) in [5.74, 6) is 0.00428. The van der Waals surface area contributed by atoms with Gasteiger partial charge in [-0.25, -0.2) is 4.39 Å². The van der Waals surface area contributed by atoms with Crippen molar-refractivity contribution >= 4 is 0 Å². The van der Waals surface area contributed by atoms with Crippen LogP contribution in [0.2, 0.25) is 0 Å². The van der Waals surface area contributed by atoms with Crippen molar-refractivity contribution < 1.29 is 14.2 Å². The lowest BCUT2D eigenvalue weighted by Gasteiger charge is -2.12. The van der Waals surface area contributed by atoms with Gasteiger partial charge in [-0.05, 0) is 24.6 Å². The van der Waals surface area contributed by atoms with Gasteiger partial charge in [0.1, 0.15) is 23.4 Å². The number of rotatable bonds is 5. The van der Waals surface area contributed by atoms with E-state index in [1.165, 1.54) is 24.5 Å². The SMILES string of the molecule is CCCOc1cncc(C(O)c2ncccc2F)c1. The van der Waals surface area contributed by atoms with Crippen LogP contribution in [0.3, 0.4) is 0 Å². The van der Waals surface area contributed by atoms with Gasteiger partial charge in [0.25, 0.3) is 0 Å². The van der Waals surface area contributed by atoms with E-state index in [0.717, 1.165) is 6.42 Å². The summed E-state index contributed by atoms with van der Waals surface area (Å²) in [5, 5.41) is 10.1. The third-order valence-electron chi connectivity index (χ3n) is 2.57. The number of hydrogen-bond donors (Lipinski definition) is 1. The highest BCUT2D eigenvalue weighted by Gasteiger charge is 2.17. The molecule has 19 heavy (non-hydrogen) atoms. The van der Waals surface area contributed by atoms with Crippen LogP contribution in [0.1, 0.15) is 30.7 Å². The zero-order valence-electron chi connectivity index (χ0n) is 10.6. The molecule has 0 amide bonds. The molecule has 0 bridgehead atoms. The van der Waals surface area contributed by atoms with Crippen molar-refractivity contribution in [3.63, 3.8) is 0 Å². The van der Waals surface area contributed by atoms with Crippen molar-refractivity contribution in [1.82, 2.24) is 9.97 Å². The van der Waals surface area contributed by atoms with Gasteiger partial charge in [0, 0.05) is 18.0 Å². The van der Waals surface area contributed by atoms with E-state index in [-0.39, 0.29) is 5.69 Å². The van der Waals surface area contributed by atoms with Crippen LogP contribution >= 0.6 is 0 Å². The molecule has 0 saturated heterocycles. The fourth-order valence-corrected chi connectivity index (χ4v) is 1.64. The molecule has 1 unspecified atom stereocenters. The number of ether oxygens (including phenoxy) is 1. The number of hydrogen-bond acceptors (Lipinski definition) is 4. The molecule has 0 radical (unpaired) electrons. The lowest BCUT2D eigenvalue weighted by atomic mass is 10.1. The van der Waals surface area contributed by atoms with E-state index in [1.807, 2.05) is 6.92 Å². The molecule has 2 heterocycles. The second-order valence-electron chi connectivity index (χ2n) is 4.08. The van der Waals surface area contributed by atoms with Crippen LogP contribution in [0.4, 0.5) is 4.39 Å². The number of nitrogens with zero attached hydrogens (tertiary/aromatic N) is 2. The summed E-state index contributed by atoms with van der Waals surface area (Å²) in [7, 11) is 0. The molecular weight excluding hydrogens is 247 g/mol. The Balaban J connectivity index is 2.24. The van der Waals surface area contributed by atoms with Gasteiger partial charge in [0.2, 0.25) is 0 Å².